The molecule has 1 aliphatic heterocycles. The summed E-state index contributed by atoms with van der Waals surface area (Å²) in [5.41, 5.74) is 5.51. The number of fused-ring (bicyclic) bond motifs is 2. The molecule has 0 unspecified atom stereocenters. The van der Waals surface area contributed by atoms with E-state index in [9.17, 15) is 4.79 Å². The molecule has 6 aromatic rings. The molecule has 1 saturated heterocycles. The summed E-state index contributed by atoms with van der Waals surface area (Å²) >= 11 is 1.66. The number of aromatic nitrogens is 2. The second-order valence-corrected chi connectivity index (χ2v) is 13.9. The zero-order chi connectivity index (χ0) is 35.2. The summed E-state index contributed by atoms with van der Waals surface area (Å²) in [6.45, 7) is 6.12. The lowest BCUT2D eigenvalue weighted by Crippen LogP contribution is -2.31. The van der Waals surface area contributed by atoms with Crippen molar-refractivity contribution >= 4 is 45.2 Å². The number of benzene rings is 4. The third kappa shape index (κ3) is 7.95. The normalized spacial score (nSPS) is 13.3. The lowest BCUT2D eigenvalue weighted by molar-refractivity contribution is 0.102. The number of pyridine rings is 2. The first-order valence-electron chi connectivity index (χ1n) is 17.4. The van der Waals surface area contributed by atoms with Crippen molar-refractivity contribution in [1.82, 2.24) is 14.9 Å². The molecule has 1 aliphatic rings. The van der Waals surface area contributed by atoms with E-state index in [2.05, 4.69) is 22.1 Å². The molecule has 3 heterocycles. The van der Waals surface area contributed by atoms with Crippen molar-refractivity contribution in [2.24, 2.45) is 0 Å². The van der Waals surface area contributed by atoms with Gasteiger partial charge in [0.1, 0.15) is 5.75 Å². The summed E-state index contributed by atoms with van der Waals surface area (Å²) < 4.78 is 17.4. The van der Waals surface area contributed by atoms with E-state index in [4.69, 9.17) is 19.2 Å². The van der Waals surface area contributed by atoms with E-state index in [1.165, 1.54) is 32.4 Å². The molecular formula is C42H42N4O4S. The Hall–Kier alpha value is -5.12. The van der Waals surface area contributed by atoms with E-state index < -0.39 is 0 Å². The summed E-state index contributed by atoms with van der Waals surface area (Å²) in [6.07, 6.45) is 6.74. The Morgan fingerprint density at radius 2 is 1.67 bits per heavy atom. The van der Waals surface area contributed by atoms with Gasteiger partial charge in [0.05, 0.1) is 43.1 Å². The topological polar surface area (TPSA) is 85.8 Å². The molecule has 9 heteroatoms. The van der Waals surface area contributed by atoms with Crippen LogP contribution in [0.4, 0.5) is 5.69 Å². The van der Waals surface area contributed by atoms with Crippen molar-refractivity contribution in [2.45, 2.75) is 42.4 Å². The van der Waals surface area contributed by atoms with E-state index in [0.29, 0.717) is 35.1 Å². The van der Waals surface area contributed by atoms with Gasteiger partial charge < -0.3 is 24.4 Å². The average Bonchev–Trinajstić information content (AvgIpc) is 3.17. The molecule has 8 nitrogen and oxygen atoms in total. The molecule has 1 amide bonds. The maximum atomic E-state index is 13.9. The SMILES string of the molecule is COc1ccc2nc(-c3ccccc3)cc(C(=O)Nc3ccc(Sc4ccnc5cc(OCCCN6CCCCC6)c(OC)cc45)c(C)c3)c2c1. The predicted octanol–water partition coefficient (Wildman–Crippen LogP) is 9.43. The van der Waals surface area contributed by atoms with Crippen LogP contribution in [0.5, 0.6) is 17.2 Å². The number of aryl methyl sites for hydroxylation is 1. The third-order valence-corrected chi connectivity index (χ3v) is 10.5. The number of likely N-dealkylation sites (tertiary alicyclic amines) is 1. The summed E-state index contributed by atoms with van der Waals surface area (Å²) in [6, 6.07) is 29.3. The maximum absolute atomic E-state index is 13.9. The van der Waals surface area contributed by atoms with Gasteiger partial charge in [-0.3, -0.25) is 9.78 Å². The van der Waals surface area contributed by atoms with Gasteiger partial charge in [0.15, 0.2) is 11.5 Å². The fourth-order valence-corrected chi connectivity index (χ4v) is 7.57. The number of carbonyl (C=O) groups is 1. The van der Waals surface area contributed by atoms with Crippen molar-refractivity contribution in [3.63, 3.8) is 0 Å². The highest BCUT2D eigenvalue weighted by atomic mass is 32.2. The van der Waals surface area contributed by atoms with E-state index in [1.54, 1.807) is 26.0 Å². The van der Waals surface area contributed by atoms with Crippen LogP contribution in [0, 0.1) is 6.92 Å². The molecule has 0 saturated carbocycles. The van der Waals surface area contributed by atoms with Crippen LogP contribution in [0.25, 0.3) is 33.1 Å². The van der Waals surface area contributed by atoms with E-state index in [0.717, 1.165) is 61.4 Å². The lowest BCUT2D eigenvalue weighted by atomic mass is 10.0. The Balaban J connectivity index is 1.09. The van der Waals surface area contributed by atoms with E-state index in [-0.39, 0.29) is 5.91 Å². The number of amides is 1. The first-order valence-corrected chi connectivity index (χ1v) is 18.3. The molecule has 2 aromatic heterocycles. The number of rotatable bonds is 12. The van der Waals surface area contributed by atoms with Gasteiger partial charge in [-0.1, -0.05) is 48.5 Å². The van der Waals surface area contributed by atoms with Crippen molar-refractivity contribution in [3.8, 4) is 28.5 Å². The predicted molar refractivity (Wildman–Crippen MR) is 206 cm³/mol. The minimum absolute atomic E-state index is 0.218. The smallest absolute Gasteiger partial charge is 0.256 e. The monoisotopic (exact) mass is 698 g/mol. The first-order chi connectivity index (χ1) is 25.0. The Kier molecular flexibility index (Phi) is 10.7. The van der Waals surface area contributed by atoms with Gasteiger partial charge in [-0.15, -0.1) is 0 Å². The lowest BCUT2D eigenvalue weighted by Gasteiger charge is -2.26. The molecule has 7 rings (SSSR count). The third-order valence-electron chi connectivity index (χ3n) is 9.29. The van der Waals surface area contributed by atoms with Crippen molar-refractivity contribution < 1.29 is 19.0 Å². The number of hydrogen-bond donors (Lipinski definition) is 1. The van der Waals surface area contributed by atoms with Crippen molar-refractivity contribution in [2.75, 3.05) is 45.8 Å². The summed E-state index contributed by atoms with van der Waals surface area (Å²) in [5, 5.41) is 4.84. The molecule has 4 aromatic carbocycles. The first kappa shape index (κ1) is 34.3. The maximum Gasteiger partial charge on any atom is 0.256 e. The van der Waals surface area contributed by atoms with Gasteiger partial charge >= 0.3 is 0 Å². The van der Waals surface area contributed by atoms with Crippen LogP contribution < -0.4 is 19.5 Å². The number of nitrogens with zero attached hydrogens (tertiary/aromatic N) is 3. The highest BCUT2D eigenvalue weighted by Crippen LogP contribution is 2.40. The molecule has 0 spiro atoms. The van der Waals surface area contributed by atoms with Gasteiger partial charge in [-0.25, -0.2) is 4.98 Å². The Morgan fingerprint density at radius 3 is 2.45 bits per heavy atom. The van der Waals surface area contributed by atoms with Crippen LogP contribution in [0.3, 0.4) is 0 Å². The Bertz CT molecular complexity index is 2170. The summed E-state index contributed by atoms with van der Waals surface area (Å²) in [7, 11) is 3.29. The Labute approximate surface area is 303 Å². The summed E-state index contributed by atoms with van der Waals surface area (Å²) in [5.74, 6) is 1.85. The molecule has 0 aliphatic carbocycles. The highest BCUT2D eigenvalue weighted by molar-refractivity contribution is 7.99. The second-order valence-electron chi connectivity index (χ2n) is 12.8. The van der Waals surface area contributed by atoms with Crippen LogP contribution in [0.15, 0.2) is 107 Å². The number of hydrogen-bond acceptors (Lipinski definition) is 8. The standard InChI is InChI=1S/C42H42N4O4S/c1-28-23-30(44-42(47)33-25-36(29-11-6-4-7-12-29)45-35-15-14-31(48-2)24-32(33)35)13-16-40(28)51-41-17-18-43-37-27-39(38(49-3)26-34(37)41)50-22-10-21-46-19-8-5-9-20-46/h4,6-7,11-18,23-27H,5,8-10,19-22H2,1-3H3,(H,44,47). The van der Waals surface area contributed by atoms with Crippen LogP contribution >= 0.6 is 11.8 Å². The van der Waals surface area contributed by atoms with E-state index >= 15 is 0 Å². The molecule has 51 heavy (non-hydrogen) atoms. The minimum Gasteiger partial charge on any atom is -0.497 e. The number of anilines is 1. The fourth-order valence-electron chi connectivity index (χ4n) is 6.58. The quantitative estimate of drug-likeness (QED) is 0.127. The number of ether oxygens (including phenoxy) is 3. The molecule has 0 radical (unpaired) electrons. The highest BCUT2D eigenvalue weighted by Gasteiger charge is 2.17. The average molecular weight is 699 g/mol. The van der Waals surface area contributed by atoms with Crippen LogP contribution in [0.2, 0.25) is 0 Å². The van der Waals surface area contributed by atoms with Gasteiger partial charge in [0.25, 0.3) is 5.91 Å². The van der Waals surface area contributed by atoms with Crippen LogP contribution in [-0.4, -0.2) is 61.2 Å². The number of methoxy groups -OCH3 is 2. The Morgan fingerprint density at radius 1 is 0.824 bits per heavy atom. The van der Waals surface area contributed by atoms with Crippen LogP contribution in [-0.2, 0) is 0 Å². The van der Waals surface area contributed by atoms with Crippen molar-refractivity contribution in [3.05, 3.63) is 108 Å². The zero-order valence-corrected chi connectivity index (χ0v) is 30.1. The van der Waals surface area contributed by atoms with Gasteiger partial charge in [0.2, 0.25) is 0 Å². The fraction of sp³-hybridized carbons (Fsp3) is 0.262. The summed E-state index contributed by atoms with van der Waals surface area (Å²) in [4.78, 5) is 28.0. The number of piperidine rings is 1. The molecule has 260 valence electrons. The second kappa shape index (κ2) is 15.8. The van der Waals surface area contributed by atoms with Crippen LogP contribution in [0.1, 0.15) is 41.6 Å². The molecule has 1 N–H and O–H groups in total. The van der Waals surface area contributed by atoms with E-state index in [1.807, 2.05) is 97.2 Å². The van der Waals surface area contributed by atoms with Gasteiger partial charge in [0, 0.05) is 50.6 Å². The van der Waals surface area contributed by atoms with Crippen molar-refractivity contribution in [1.29, 1.82) is 0 Å². The zero-order valence-electron chi connectivity index (χ0n) is 29.3. The molecule has 0 bridgehead atoms. The minimum atomic E-state index is -0.218. The molecule has 0 atom stereocenters. The largest absolute Gasteiger partial charge is 0.497 e. The molecule has 1 fully saturated rings. The number of nitrogens with one attached hydrogen (secondary N) is 1. The number of carbonyl (C=O) groups excluding carboxylic acids is 1. The van der Waals surface area contributed by atoms with Gasteiger partial charge in [-0.2, -0.15) is 0 Å². The molecular weight excluding hydrogens is 657 g/mol. The van der Waals surface area contributed by atoms with Gasteiger partial charge in [-0.05, 0) is 99.4 Å².